The number of piperidine rings is 1. The highest BCUT2D eigenvalue weighted by Gasteiger charge is 2.62. The largest absolute Gasteiger partial charge is 0.394 e. The smallest absolute Gasteiger partial charge is 0.379 e. The van der Waals surface area contributed by atoms with Crippen LogP contribution in [0.25, 0.3) is 0 Å². The number of nitrogens with zero attached hydrogens (tertiary/aromatic N) is 3. The summed E-state index contributed by atoms with van der Waals surface area (Å²) in [6.45, 7) is 28.8. The van der Waals surface area contributed by atoms with Crippen LogP contribution in [0, 0.1) is 29.1 Å². The first-order valence-electron chi connectivity index (χ1n) is 24.8. The molecule has 0 aromatic carbocycles. The van der Waals surface area contributed by atoms with Crippen LogP contribution in [-0.4, -0.2) is 75.7 Å². The third-order valence-electron chi connectivity index (χ3n) is 12.2. The number of carbonyl (C=O) groups is 3. The van der Waals surface area contributed by atoms with Gasteiger partial charge in [0.15, 0.2) is 0 Å². The van der Waals surface area contributed by atoms with E-state index in [9.17, 15) is 27.2 Å². The van der Waals surface area contributed by atoms with Gasteiger partial charge in [0.2, 0.25) is 5.91 Å². The summed E-state index contributed by atoms with van der Waals surface area (Å²) in [6.07, 6.45) is 15.1. The summed E-state index contributed by atoms with van der Waals surface area (Å²) in [5, 5.41) is 16.6. The first kappa shape index (κ1) is 65.2. The number of H-pyrrole nitrogens is 1. The van der Waals surface area contributed by atoms with Gasteiger partial charge in [0, 0.05) is 32.0 Å². The van der Waals surface area contributed by atoms with E-state index < -0.39 is 30.2 Å². The molecule has 2 saturated carbocycles. The molecule has 2 unspecified atom stereocenters. The lowest BCUT2D eigenvalue weighted by atomic mass is 9.88. The van der Waals surface area contributed by atoms with Crippen LogP contribution in [0.15, 0.2) is 29.6 Å². The van der Waals surface area contributed by atoms with Crippen LogP contribution in [0.5, 0.6) is 0 Å². The number of halogens is 4. The van der Waals surface area contributed by atoms with Crippen molar-refractivity contribution in [1.82, 2.24) is 30.4 Å². The molecule has 4 N–H and O–H groups in total. The van der Waals surface area contributed by atoms with E-state index in [0.29, 0.717) is 17.2 Å². The number of methoxy groups -OCH3 is 1. The number of aryl methyl sites for hydroxylation is 2. The molecule has 11 nitrogen and oxygen atoms in total. The highest BCUT2D eigenvalue weighted by Crippen LogP contribution is 2.61. The molecule has 2 amide bonds. The Labute approximate surface area is 403 Å². The molecule has 5 rings (SSSR count). The number of ether oxygens (including phenoxy) is 1. The molecule has 2 aliphatic carbocycles. The summed E-state index contributed by atoms with van der Waals surface area (Å²) in [5.41, 5.74) is 3.06. The molecular weight excluding hydrogens is 863 g/mol. The highest BCUT2D eigenvalue weighted by atomic mass is 19.4. The van der Waals surface area contributed by atoms with Crippen molar-refractivity contribution in [1.29, 1.82) is 5.41 Å². The standard InChI is InChI=1S/C17H21F4N5O.C11H22.C8H15N.C5H9NO.C5H12O.C4H10.C2H4O/c1-11-22-10-13(24-11)12(2-4-16(5-6-16)17(19,20)21)25-15(27)14-3-8-23-26(14)9-7-18;1-4-6-11(7-8-11)9-10(3)5-2;1-5-6(2)7(3)8(4)9;7-5-3-1-2-4-6-5;1-5(2,3)6-4;1-3-4-2;1-2-3/h3,8,10,12H,2,4-7,9H2,1H3,(H,22,24)(H,25,27);10H,4-9H2,1-3H3;9H,5H2,1-4H3;1-4H2,(H,6,7);1-4H3;3-4H2,1-2H3;2H,1H3. The van der Waals surface area contributed by atoms with E-state index in [4.69, 9.17) is 14.9 Å². The van der Waals surface area contributed by atoms with E-state index in [1.54, 1.807) is 14.0 Å². The lowest BCUT2D eigenvalue weighted by Crippen LogP contribution is -2.32. The van der Waals surface area contributed by atoms with Gasteiger partial charge in [-0.25, -0.2) is 9.37 Å². The van der Waals surface area contributed by atoms with Crippen LogP contribution in [0.1, 0.15) is 221 Å². The zero-order valence-corrected chi connectivity index (χ0v) is 44.4. The summed E-state index contributed by atoms with van der Waals surface area (Å²) < 4.78 is 58.4. The molecule has 1 aliphatic heterocycles. The van der Waals surface area contributed by atoms with E-state index >= 15 is 0 Å². The fraction of sp³-hybridized carbons (Fsp3) is 0.769. The number of aromatic amines is 1. The number of rotatable bonds is 16. The van der Waals surface area contributed by atoms with Crippen molar-refractivity contribution in [3.05, 3.63) is 46.8 Å². The van der Waals surface area contributed by atoms with Gasteiger partial charge in [-0.2, -0.15) is 18.3 Å². The van der Waals surface area contributed by atoms with Crippen LogP contribution < -0.4 is 10.6 Å². The summed E-state index contributed by atoms with van der Waals surface area (Å²) in [6, 6.07) is 0.783. The predicted octanol–water partition coefficient (Wildman–Crippen LogP) is 14.0. The molecule has 2 aromatic heterocycles. The Kier molecular flexibility index (Phi) is 33.5. The van der Waals surface area contributed by atoms with Gasteiger partial charge < -0.3 is 30.6 Å². The van der Waals surface area contributed by atoms with Crippen molar-refractivity contribution in [2.75, 3.05) is 20.3 Å². The Hall–Kier alpha value is -3.88. The van der Waals surface area contributed by atoms with Gasteiger partial charge in [0.05, 0.1) is 35.5 Å². The van der Waals surface area contributed by atoms with E-state index in [0.717, 1.165) is 55.4 Å². The van der Waals surface area contributed by atoms with Crippen LogP contribution in [0.4, 0.5) is 17.6 Å². The second-order valence-corrected chi connectivity index (χ2v) is 19.1. The Morgan fingerprint density at radius 3 is 1.93 bits per heavy atom. The number of nitrogens with one attached hydrogen (secondary N) is 4. The molecule has 3 heterocycles. The number of allylic oxidation sites excluding steroid dienone is 2. The summed E-state index contributed by atoms with van der Waals surface area (Å²) in [4.78, 5) is 38.8. The van der Waals surface area contributed by atoms with Gasteiger partial charge in [-0.1, -0.05) is 72.8 Å². The average Bonchev–Trinajstić information content (AvgIpc) is 4.15. The quantitative estimate of drug-likeness (QED) is 0.0746. The molecule has 3 aliphatic rings. The van der Waals surface area contributed by atoms with Crippen LogP contribution in [0.2, 0.25) is 0 Å². The van der Waals surface area contributed by atoms with E-state index in [1.165, 1.54) is 87.0 Å². The van der Waals surface area contributed by atoms with Crippen LogP contribution in [-0.2, 0) is 20.9 Å². The first-order valence-corrected chi connectivity index (χ1v) is 24.8. The van der Waals surface area contributed by atoms with Gasteiger partial charge in [-0.3, -0.25) is 14.3 Å². The van der Waals surface area contributed by atoms with Gasteiger partial charge in [0.1, 0.15) is 24.5 Å². The van der Waals surface area contributed by atoms with E-state index in [2.05, 4.69) is 74.2 Å². The monoisotopic (exact) mass is 956 g/mol. The normalized spacial score (nSPS) is 16.3. The molecule has 0 spiro atoms. The maximum Gasteiger partial charge on any atom is 0.394 e. The second-order valence-electron chi connectivity index (χ2n) is 19.1. The molecule has 15 heteroatoms. The number of aromatic nitrogens is 4. The summed E-state index contributed by atoms with van der Waals surface area (Å²) in [5.74, 6) is 1.26. The van der Waals surface area contributed by atoms with Crippen LogP contribution >= 0.6 is 0 Å². The third-order valence-corrected chi connectivity index (χ3v) is 12.2. The Morgan fingerprint density at radius 2 is 1.60 bits per heavy atom. The zero-order valence-electron chi connectivity index (χ0n) is 44.4. The number of imidazole rings is 1. The Balaban J connectivity index is 0. The molecule has 67 heavy (non-hydrogen) atoms. The SMILES string of the molecule is CC=O.CCC(C)=C(C)C(C)=N.CCCC.CCCC1(CC(C)CC)CC1.COC(C)(C)C.Cc1ncc(C(CCC2(C(F)(F)F)CC2)NC(=O)c2ccnn2CCF)[nH]1.O=C1CCCCN1. The number of alkyl halides is 4. The topological polar surface area (TPSA) is 155 Å². The fourth-order valence-electron chi connectivity index (χ4n) is 6.64. The average molecular weight is 956 g/mol. The third kappa shape index (κ3) is 28.9. The van der Waals surface area contributed by atoms with Crippen molar-refractivity contribution in [2.24, 2.45) is 16.7 Å². The van der Waals surface area contributed by atoms with Crippen molar-refractivity contribution in [3.63, 3.8) is 0 Å². The maximum atomic E-state index is 13.2. The van der Waals surface area contributed by atoms with E-state index in [1.807, 2.05) is 34.6 Å². The lowest BCUT2D eigenvalue weighted by molar-refractivity contribution is -0.189. The van der Waals surface area contributed by atoms with Crippen molar-refractivity contribution >= 4 is 23.8 Å². The van der Waals surface area contributed by atoms with E-state index in [-0.39, 0.29) is 49.4 Å². The zero-order chi connectivity index (χ0) is 51.9. The molecule has 0 radical (unpaired) electrons. The number of carbonyl (C=O) groups excluding carboxylic acids is 3. The molecule has 2 atom stereocenters. The van der Waals surface area contributed by atoms with Crippen molar-refractivity contribution in [2.45, 2.75) is 224 Å². The molecule has 0 bridgehead atoms. The number of hydrogen-bond acceptors (Lipinski definition) is 7. The van der Waals surface area contributed by atoms with Crippen molar-refractivity contribution in [3.8, 4) is 0 Å². The Morgan fingerprint density at radius 1 is 1.01 bits per heavy atom. The molecule has 1 saturated heterocycles. The van der Waals surface area contributed by atoms with Gasteiger partial charge in [-0.05, 0) is 149 Å². The molecule has 2 aromatic rings. The minimum absolute atomic E-state index is 0.0417. The van der Waals surface area contributed by atoms with Crippen molar-refractivity contribution < 1.29 is 36.7 Å². The van der Waals surface area contributed by atoms with Gasteiger partial charge >= 0.3 is 6.18 Å². The maximum absolute atomic E-state index is 13.2. The summed E-state index contributed by atoms with van der Waals surface area (Å²) >= 11 is 0. The highest BCUT2D eigenvalue weighted by molar-refractivity contribution is 5.95. The summed E-state index contributed by atoms with van der Waals surface area (Å²) in [7, 11) is 1.71. The fourth-order valence-corrected chi connectivity index (χ4v) is 6.64. The first-order chi connectivity index (χ1) is 31.4. The number of amides is 2. The number of hydrogen-bond donors (Lipinski definition) is 4. The molecule has 388 valence electrons. The lowest BCUT2D eigenvalue weighted by Gasteiger charge is -2.23. The molecular formula is C52H93F4N7O4. The van der Waals surface area contributed by atoms with Gasteiger partial charge in [0.25, 0.3) is 5.91 Å². The molecule has 3 fully saturated rings. The van der Waals surface area contributed by atoms with Gasteiger partial charge in [-0.15, -0.1) is 0 Å². The number of aldehydes is 1. The second kappa shape index (κ2) is 34.4. The Bertz CT molecular complexity index is 1680. The minimum atomic E-state index is -4.24. The van der Waals surface area contributed by atoms with Crippen LogP contribution in [0.3, 0.4) is 0 Å². The minimum Gasteiger partial charge on any atom is -0.379 e. The number of unbranched alkanes of at least 4 members (excludes halogenated alkanes) is 1. The predicted molar refractivity (Wildman–Crippen MR) is 267 cm³/mol.